The summed E-state index contributed by atoms with van der Waals surface area (Å²) in [5.74, 6) is -1.73. The van der Waals surface area contributed by atoms with Crippen LogP contribution in [0.25, 0.3) is 0 Å². The van der Waals surface area contributed by atoms with Crippen molar-refractivity contribution in [2.24, 2.45) is 5.10 Å². The van der Waals surface area contributed by atoms with Crippen molar-refractivity contribution >= 4 is 18.1 Å². The van der Waals surface area contributed by atoms with Crippen LogP contribution in [-0.2, 0) is 17.5 Å². The molecule has 10 heteroatoms. The number of amides is 1. The minimum absolute atomic E-state index is 0.107. The fourth-order valence-corrected chi connectivity index (χ4v) is 1.67. The van der Waals surface area contributed by atoms with E-state index in [2.05, 4.69) is 15.6 Å². The van der Waals surface area contributed by atoms with Gasteiger partial charge in [0.2, 0.25) is 0 Å². The Hall–Kier alpha value is -3.17. The first-order valence-electron chi connectivity index (χ1n) is 6.51. The normalized spacial score (nSPS) is 11.6. The zero-order chi connectivity index (χ0) is 17.7. The minimum atomic E-state index is -4.57. The molecule has 0 aliphatic rings. The Kier molecular flexibility index (Phi) is 4.97. The summed E-state index contributed by atoms with van der Waals surface area (Å²) in [7, 11) is 0. The molecule has 0 fully saturated rings. The molecule has 2 N–H and O–H groups in total. The highest BCUT2D eigenvalue weighted by Crippen LogP contribution is 2.27. The average Bonchev–Trinajstić information content (AvgIpc) is 2.96. The standard InChI is InChI=1S/C14H11F3N4O3/c15-14(16,17)11-5-6-21(20-11)8-12(22)19-18-7-9-1-3-10(4-2-9)13(23)24/h1-7H,8H2,(H,19,22)(H,23,24)/b18-7+. The number of nitrogens with zero attached hydrogens (tertiary/aromatic N) is 3. The van der Waals surface area contributed by atoms with Crippen molar-refractivity contribution in [3.8, 4) is 0 Å². The fraction of sp³-hybridized carbons (Fsp3) is 0.143. The van der Waals surface area contributed by atoms with E-state index in [9.17, 15) is 22.8 Å². The molecule has 126 valence electrons. The van der Waals surface area contributed by atoms with E-state index < -0.39 is 30.3 Å². The van der Waals surface area contributed by atoms with Gasteiger partial charge in [-0.2, -0.15) is 23.4 Å². The van der Waals surface area contributed by atoms with Gasteiger partial charge in [-0.05, 0) is 23.8 Å². The van der Waals surface area contributed by atoms with E-state index in [0.29, 0.717) is 5.56 Å². The lowest BCUT2D eigenvalue weighted by molar-refractivity contribution is -0.141. The Morgan fingerprint density at radius 2 is 1.92 bits per heavy atom. The molecular weight excluding hydrogens is 329 g/mol. The number of aromatic carboxylic acids is 1. The van der Waals surface area contributed by atoms with Crippen LogP contribution in [0.5, 0.6) is 0 Å². The molecule has 0 aliphatic carbocycles. The summed E-state index contributed by atoms with van der Waals surface area (Å²) in [5.41, 5.74) is 1.70. The van der Waals surface area contributed by atoms with Crippen LogP contribution in [0.4, 0.5) is 13.2 Å². The molecule has 0 saturated carbocycles. The Labute approximate surface area is 133 Å². The van der Waals surface area contributed by atoms with Crippen LogP contribution in [0.2, 0.25) is 0 Å². The second kappa shape index (κ2) is 6.94. The van der Waals surface area contributed by atoms with Gasteiger partial charge in [-0.3, -0.25) is 9.48 Å². The fourth-order valence-electron chi connectivity index (χ4n) is 1.67. The van der Waals surface area contributed by atoms with Gasteiger partial charge in [-0.1, -0.05) is 12.1 Å². The lowest BCUT2D eigenvalue weighted by Gasteiger charge is -2.02. The van der Waals surface area contributed by atoms with Gasteiger partial charge in [0, 0.05) is 6.20 Å². The predicted molar refractivity (Wildman–Crippen MR) is 76.4 cm³/mol. The highest BCUT2D eigenvalue weighted by molar-refractivity contribution is 5.89. The second-order valence-corrected chi connectivity index (χ2v) is 4.62. The van der Waals surface area contributed by atoms with E-state index >= 15 is 0 Å². The van der Waals surface area contributed by atoms with Crippen molar-refractivity contribution in [2.75, 3.05) is 0 Å². The molecule has 0 radical (unpaired) electrons. The van der Waals surface area contributed by atoms with Gasteiger partial charge in [0.15, 0.2) is 5.69 Å². The number of carboxylic acids is 1. The molecule has 7 nitrogen and oxygen atoms in total. The minimum Gasteiger partial charge on any atom is -0.478 e. The lowest BCUT2D eigenvalue weighted by Crippen LogP contribution is -2.23. The quantitative estimate of drug-likeness (QED) is 0.640. The topological polar surface area (TPSA) is 96.6 Å². The number of benzene rings is 1. The summed E-state index contributed by atoms with van der Waals surface area (Å²) in [6, 6.07) is 6.48. The Morgan fingerprint density at radius 3 is 2.46 bits per heavy atom. The van der Waals surface area contributed by atoms with Crippen molar-refractivity contribution in [3.63, 3.8) is 0 Å². The number of aromatic nitrogens is 2. The maximum absolute atomic E-state index is 12.4. The van der Waals surface area contributed by atoms with Crippen LogP contribution < -0.4 is 5.43 Å². The summed E-state index contributed by atoms with van der Waals surface area (Å²) in [6.07, 6.45) is -2.26. The Bertz CT molecular complexity index is 766. The van der Waals surface area contributed by atoms with Gasteiger partial charge in [0.1, 0.15) is 6.54 Å². The number of nitrogens with one attached hydrogen (secondary N) is 1. The maximum Gasteiger partial charge on any atom is 0.435 e. The third kappa shape index (κ3) is 4.66. The monoisotopic (exact) mass is 340 g/mol. The summed E-state index contributed by atoms with van der Waals surface area (Å²) in [5, 5.41) is 15.6. The first kappa shape index (κ1) is 17.2. The molecule has 24 heavy (non-hydrogen) atoms. The molecule has 0 atom stereocenters. The van der Waals surface area contributed by atoms with Crippen molar-refractivity contribution in [1.29, 1.82) is 0 Å². The number of halogens is 3. The van der Waals surface area contributed by atoms with Gasteiger partial charge in [0.05, 0.1) is 11.8 Å². The van der Waals surface area contributed by atoms with Gasteiger partial charge < -0.3 is 5.11 Å². The molecule has 1 amide bonds. The van der Waals surface area contributed by atoms with E-state index in [0.717, 1.165) is 16.9 Å². The molecule has 0 saturated heterocycles. The molecular formula is C14H11F3N4O3. The number of alkyl halides is 3. The number of rotatable bonds is 5. The molecule has 1 aromatic heterocycles. The van der Waals surface area contributed by atoms with Crippen LogP contribution in [0, 0.1) is 0 Å². The highest BCUT2D eigenvalue weighted by atomic mass is 19.4. The molecule has 0 bridgehead atoms. The van der Waals surface area contributed by atoms with Crippen molar-refractivity contribution in [3.05, 3.63) is 53.3 Å². The van der Waals surface area contributed by atoms with E-state index in [1.165, 1.54) is 30.5 Å². The molecule has 0 spiro atoms. The molecule has 1 aromatic carbocycles. The molecule has 2 aromatic rings. The third-order valence-corrected chi connectivity index (χ3v) is 2.80. The molecule has 2 rings (SSSR count). The zero-order valence-electron chi connectivity index (χ0n) is 12.0. The van der Waals surface area contributed by atoms with Crippen molar-refractivity contribution < 1.29 is 27.9 Å². The summed E-state index contributed by atoms with van der Waals surface area (Å²) in [4.78, 5) is 22.2. The van der Waals surface area contributed by atoms with E-state index in [1.807, 2.05) is 0 Å². The SMILES string of the molecule is O=C(Cn1ccc(C(F)(F)F)n1)N/N=C/c1ccc(C(=O)O)cc1. The smallest absolute Gasteiger partial charge is 0.435 e. The van der Waals surface area contributed by atoms with Crippen LogP contribution in [0.3, 0.4) is 0 Å². The molecule has 0 unspecified atom stereocenters. The number of hydrazone groups is 1. The second-order valence-electron chi connectivity index (χ2n) is 4.62. The summed E-state index contributed by atoms with van der Waals surface area (Å²) >= 11 is 0. The number of hydrogen-bond donors (Lipinski definition) is 2. The Balaban J connectivity index is 1.88. The van der Waals surface area contributed by atoms with E-state index in [4.69, 9.17) is 5.11 Å². The summed E-state index contributed by atoms with van der Waals surface area (Å²) < 4.78 is 38.0. The number of hydrogen-bond acceptors (Lipinski definition) is 4. The summed E-state index contributed by atoms with van der Waals surface area (Å²) in [6.45, 7) is -0.425. The van der Waals surface area contributed by atoms with Gasteiger partial charge >= 0.3 is 12.1 Å². The number of carbonyl (C=O) groups excluding carboxylic acids is 1. The first-order chi connectivity index (χ1) is 11.3. The van der Waals surface area contributed by atoms with Crippen molar-refractivity contribution in [1.82, 2.24) is 15.2 Å². The average molecular weight is 340 g/mol. The van der Waals surface area contributed by atoms with Crippen LogP contribution in [0.15, 0.2) is 41.6 Å². The first-order valence-corrected chi connectivity index (χ1v) is 6.51. The van der Waals surface area contributed by atoms with Gasteiger partial charge in [-0.25, -0.2) is 10.2 Å². The molecule has 1 heterocycles. The number of carbonyl (C=O) groups is 2. The van der Waals surface area contributed by atoms with E-state index in [-0.39, 0.29) is 5.56 Å². The van der Waals surface area contributed by atoms with Gasteiger partial charge in [-0.15, -0.1) is 0 Å². The maximum atomic E-state index is 12.4. The third-order valence-electron chi connectivity index (χ3n) is 2.80. The predicted octanol–water partition coefficient (Wildman–Crippen LogP) is 1.75. The van der Waals surface area contributed by atoms with E-state index in [1.54, 1.807) is 0 Å². The van der Waals surface area contributed by atoms with Crippen LogP contribution >= 0.6 is 0 Å². The zero-order valence-corrected chi connectivity index (χ0v) is 12.0. The van der Waals surface area contributed by atoms with Crippen molar-refractivity contribution in [2.45, 2.75) is 12.7 Å². The van der Waals surface area contributed by atoms with Crippen LogP contribution in [-0.4, -0.2) is 33.0 Å². The van der Waals surface area contributed by atoms with Crippen LogP contribution in [0.1, 0.15) is 21.6 Å². The lowest BCUT2D eigenvalue weighted by atomic mass is 10.1. The number of carboxylic acid groups (broad SMARTS) is 1. The molecule has 0 aliphatic heterocycles. The largest absolute Gasteiger partial charge is 0.478 e. The highest BCUT2D eigenvalue weighted by Gasteiger charge is 2.33. The van der Waals surface area contributed by atoms with Gasteiger partial charge in [0.25, 0.3) is 5.91 Å². The Morgan fingerprint density at radius 1 is 1.25 bits per heavy atom.